The fraction of sp³-hybridized carbons (Fsp3) is 0.429. The third-order valence-electron chi connectivity index (χ3n) is 6.30. The van der Waals surface area contributed by atoms with Crippen molar-refractivity contribution in [3.63, 3.8) is 0 Å². The summed E-state index contributed by atoms with van der Waals surface area (Å²) in [6, 6.07) is 8.41. The van der Waals surface area contributed by atoms with Gasteiger partial charge in [0.1, 0.15) is 11.5 Å². The number of hydrogen-bond acceptors (Lipinski definition) is 5. The molecule has 2 aliphatic rings. The summed E-state index contributed by atoms with van der Waals surface area (Å²) in [6.45, 7) is 3.89. The van der Waals surface area contributed by atoms with Crippen LogP contribution < -0.4 is 5.43 Å². The maximum atomic E-state index is 12.4. The number of aryl methyl sites for hydroxylation is 1. The summed E-state index contributed by atoms with van der Waals surface area (Å²) in [7, 11) is 0. The Morgan fingerprint density at radius 2 is 2.18 bits per heavy atom. The van der Waals surface area contributed by atoms with Crippen LogP contribution in [-0.2, 0) is 4.79 Å². The molecule has 146 valence electrons. The number of rotatable bonds is 5. The lowest BCUT2D eigenvalue weighted by atomic mass is 9.90. The molecular formula is C21H23N3O4. The van der Waals surface area contributed by atoms with Gasteiger partial charge in [-0.2, -0.15) is 5.10 Å². The molecule has 28 heavy (non-hydrogen) atoms. The Balaban J connectivity index is 1.41. The zero-order valence-electron chi connectivity index (χ0n) is 16.0. The van der Waals surface area contributed by atoms with Crippen LogP contribution in [0.4, 0.5) is 5.69 Å². The average molecular weight is 381 g/mol. The van der Waals surface area contributed by atoms with E-state index in [1.54, 1.807) is 31.2 Å². The molecule has 0 aliphatic heterocycles. The van der Waals surface area contributed by atoms with Crippen LogP contribution in [0.1, 0.15) is 43.9 Å². The fourth-order valence-electron chi connectivity index (χ4n) is 4.62. The summed E-state index contributed by atoms with van der Waals surface area (Å²) >= 11 is 0. The number of nitrogens with one attached hydrogen (secondary N) is 1. The maximum absolute atomic E-state index is 12.4. The van der Waals surface area contributed by atoms with Gasteiger partial charge in [0, 0.05) is 23.1 Å². The molecule has 0 radical (unpaired) electrons. The van der Waals surface area contributed by atoms with E-state index >= 15 is 0 Å². The van der Waals surface area contributed by atoms with Crippen molar-refractivity contribution in [3.8, 4) is 11.3 Å². The quantitative estimate of drug-likeness (QED) is 0.470. The van der Waals surface area contributed by atoms with E-state index in [1.807, 2.05) is 0 Å². The first-order valence-corrected chi connectivity index (χ1v) is 9.58. The maximum Gasteiger partial charge on any atom is 0.273 e. The van der Waals surface area contributed by atoms with E-state index in [9.17, 15) is 14.9 Å². The first kappa shape index (κ1) is 18.4. The zero-order valence-corrected chi connectivity index (χ0v) is 16.0. The Morgan fingerprint density at radius 3 is 2.89 bits per heavy atom. The summed E-state index contributed by atoms with van der Waals surface area (Å²) in [4.78, 5) is 23.1. The second kappa shape index (κ2) is 6.89. The van der Waals surface area contributed by atoms with Crippen molar-refractivity contribution < 1.29 is 14.1 Å². The molecule has 0 spiro atoms. The second-order valence-electron chi connectivity index (χ2n) is 8.03. The number of amides is 1. The average Bonchev–Trinajstić information content (AvgIpc) is 3.02. The molecule has 1 heterocycles. The highest BCUT2D eigenvalue weighted by atomic mass is 16.6. The molecule has 2 saturated carbocycles. The number of hydrazone groups is 1. The van der Waals surface area contributed by atoms with Crippen LogP contribution >= 0.6 is 0 Å². The number of nitrogens with zero attached hydrogens (tertiary/aromatic N) is 2. The molecule has 2 aliphatic carbocycles. The lowest BCUT2D eigenvalue weighted by molar-refractivity contribution is -0.385. The lowest BCUT2D eigenvalue weighted by Crippen LogP contribution is -2.22. The van der Waals surface area contributed by atoms with Crippen molar-refractivity contribution in [1.29, 1.82) is 0 Å². The van der Waals surface area contributed by atoms with Crippen molar-refractivity contribution in [3.05, 3.63) is 51.8 Å². The summed E-state index contributed by atoms with van der Waals surface area (Å²) in [6.07, 6.45) is 6.11. The van der Waals surface area contributed by atoms with Crippen LogP contribution in [0.25, 0.3) is 11.3 Å². The fourth-order valence-corrected chi connectivity index (χ4v) is 4.62. The van der Waals surface area contributed by atoms with Crippen molar-refractivity contribution in [2.45, 2.75) is 39.5 Å². The van der Waals surface area contributed by atoms with Gasteiger partial charge < -0.3 is 4.42 Å². The Kier molecular flexibility index (Phi) is 4.53. The van der Waals surface area contributed by atoms with Gasteiger partial charge in [-0.1, -0.05) is 31.9 Å². The smallest absolute Gasteiger partial charge is 0.273 e. The minimum atomic E-state index is -0.407. The Bertz CT molecular complexity index is 964. The molecule has 0 unspecified atom stereocenters. The standard InChI is InChI=1S/C21H23N3O4/c1-13-6-7-14(11-17(13)24(26)27)18-9-8-15(28-18)12-22-23-20(25)19-16-5-3-4-10-21(16,19)2/h6-9,11-12,16,19H,3-5,10H2,1-2H3,(H,23,25)/b22-12-/t16-,19+,21+/m1/s1. The van der Waals surface area contributed by atoms with Crippen LogP contribution in [0.3, 0.4) is 0 Å². The largest absolute Gasteiger partial charge is 0.455 e. The summed E-state index contributed by atoms with van der Waals surface area (Å²) in [5.41, 5.74) is 4.05. The van der Waals surface area contributed by atoms with Gasteiger partial charge in [-0.15, -0.1) is 0 Å². The summed E-state index contributed by atoms with van der Waals surface area (Å²) in [5, 5.41) is 15.1. The van der Waals surface area contributed by atoms with Crippen LogP contribution in [-0.4, -0.2) is 17.0 Å². The van der Waals surface area contributed by atoms with E-state index in [-0.39, 0.29) is 22.9 Å². The Morgan fingerprint density at radius 1 is 1.36 bits per heavy atom. The first-order chi connectivity index (χ1) is 13.4. The van der Waals surface area contributed by atoms with Gasteiger partial charge >= 0.3 is 0 Å². The molecular weight excluding hydrogens is 358 g/mol. The van der Waals surface area contributed by atoms with Crippen LogP contribution in [0.2, 0.25) is 0 Å². The molecule has 1 N–H and O–H groups in total. The third kappa shape index (κ3) is 3.21. The Labute approximate surface area is 163 Å². The van der Waals surface area contributed by atoms with Gasteiger partial charge in [-0.25, -0.2) is 5.43 Å². The molecule has 1 amide bonds. The lowest BCUT2D eigenvalue weighted by Gasteiger charge is -2.15. The molecule has 3 atom stereocenters. The molecule has 2 aromatic rings. The highest BCUT2D eigenvalue weighted by molar-refractivity contribution is 5.85. The molecule has 7 nitrogen and oxygen atoms in total. The predicted octanol–water partition coefficient (Wildman–Crippen LogP) is 4.44. The van der Waals surface area contributed by atoms with E-state index < -0.39 is 4.92 Å². The highest BCUT2D eigenvalue weighted by Gasteiger charge is 2.64. The Hall–Kier alpha value is -2.96. The minimum Gasteiger partial charge on any atom is -0.455 e. The normalized spacial score (nSPS) is 26.1. The number of nitro groups is 1. The monoisotopic (exact) mass is 381 g/mol. The van der Waals surface area contributed by atoms with Gasteiger partial charge in [-0.05, 0) is 43.2 Å². The number of carbonyl (C=O) groups is 1. The van der Waals surface area contributed by atoms with Gasteiger partial charge in [0.05, 0.1) is 11.1 Å². The minimum absolute atomic E-state index is 0.0217. The van der Waals surface area contributed by atoms with Gasteiger partial charge in [0.25, 0.3) is 5.69 Å². The SMILES string of the molecule is Cc1ccc(-c2ccc(/C=N\NC(=O)[C@@H]3[C@H]4CCCC[C@@]43C)o2)cc1[N+](=O)[O-]. The second-order valence-corrected chi connectivity index (χ2v) is 8.03. The third-order valence-corrected chi connectivity index (χ3v) is 6.30. The van der Waals surface area contributed by atoms with Gasteiger partial charge in [-0.3, -0.25) is 14.9 Å². The number of nitro benzene ring substituents is 1. The molecule has 0 saturated heterocycles. The predicted molar refractivity (Wildman–Crippen MR) is 105 cm³/mol. The number of fused-ring (bicyclic) bond motifs is 1. The van der Waals surface area contributed by atoms with Crippen LogP contribution in [0.5, 0.6) is 0 Å². The molecule has 7 heteroatoms. The van der Waals surface area contributed by atoms with E-state index in [4.69, 9.17) is 4.42 Å². The van der Waals surface area contributed by atoms with E-state index in [0.29, 0.717) is 28.6 Å². The van der Waals surface area contributed by atoms with Crippen molar-refractivity contribution in [2.24, 2.45) is 22.4 Å². The van der Waals surface area contributed by atoms with E-state index in [2.05, 4.69) is 17.5 Å². The van der Waals surface area contributed by atoms with E-state index in [1.165, 1.54) is 25.1 Å². The first-order valence-electron chi connectivity index (χ1n) is 9.58. The van der Waals surface area contributed by atoms with E-state index in [0.717, 1.165) is 12.8 Å². The van der Waals surface area contributed by atoms with Crippen LogP contribution in [0.15, 0.2) is 39.9 Å². The van der Waals surface area contributed by atoms with Crippen molar-refractivity contribution in [1.82, 2.24) is 5.43 Å². The number of carbonyl (C=O) groups excluding carboxylic acids is 1. The highest BCUT2D eigenvalue weighted by Crippen LogP contribution is 2.66. The summed E-state index contributed by atoms with van der Waals surface area (Å²) in [5.74, 6) is 1.51. The molecule has 0 bridgehead atoms. The van der Waals surface area contributed by atoms with Crippen LogP contribution in [0, 0.1) is 34.3 Å². The molecule has 4 rings (SSSR count). The number of benzene rings is 1. The molecule has 2 fully saturated rings. The van der Waals surface area contributed by atoms with Crippen molar-refractivity contribution >= 4 is 17.8 Å². The number of hydrogen-bond donors (Lipinski definition) is 1. The molecule has 1 aromatic carbocycles. The van der Waals surface area contributed by atoms with Gasteiger partial charge in [0.15, 0.2) is 0 Å². The zero-order chi connectivity index (χ0) is 19.9. The number of furan rings is 1. The summed E-state index contributed by atoms with van der Waals surface area (Å²) < 4.78 is 5.69. The molecule has 1 aromatic heterocycles. The van der Waals surface area contributed by atoms with Crippen molar-refractivity contribution in [2.75, 3.05) is 0 Å². The van der Waals surface area contributed by atoms with Gasteiger partial charge in [0.2, 0.25) is 5.91 Å². The topological polar surface area (TPSA) is 97.7 Å².